The molecule has 5 atom stereocenters. The van der Waals surface area contributed by atoms with Crippen molar-refractivity contribution in [2.75, 3.05) is 31.1 Å². The molecule has 216 valence electrons. The Labute approximate surface area is 253 Å². The SMILES string of the molecule is CC=C1CN2CCc3c4n(c5ccccc35)C=C3C5CC6N(CCC67c6ccccc6N(C=C4C1CC2=O)C37)CC5=CC. The molecule has 11 rings (SSSR count). The van der Waals surface area contributed by atoms with E-state index in [-0.39, 0.29) is 17.4 Å². The second-order valence-electron chi connectivity index (χ2n) is 13.9. The molecular formula is C38H38N4O. The van der Waals surface area contributed by atoms with Gasteiger partial charge in [0.2, 0.25) is 5.91 Å². The highest BCUT2D eigenvalue weighted by Gasteiger charge is 2.66. The van der Waals surface area contributed by atoms with Crippen LogP contribution in [-0.4, -0.2) is 58.5 Å². The lowest BCUT2D eigenvalue weighted by atomic mass is 9.58. The van der Waals surface area contributed by atoms with Gasteiger partial charge in [0, 0.05) is 78.4 Å². The fraction of sp³-hybridized carbons (Fsp3) is 0.395. The van der Waals surface area contributed by atoms with Crippen molar-refractivity contribution in [2.24, 2.45) is 11.8 Å². The van der Waals surface area contributed by atoms with Crippen molar-refractivity contribution in [1.29, 1.82) is 0 Å². The van der Waals surface area contributed by atoms with Crippen LogP contribution >= 0.6 is 0 Å². The van der Waals surface area contributed by atoms with E-state index in [1.54, 1.807) is 11.1 Å². The number of nitrogens with zero attached hydrogens (tertiary/aromatic N) is 4. The molecule has 3 saturated heterocycles. The Bertz CT molecular complexity index is 1890. The number of hydrogen-bond acceptors (Lipinski definition) is 3. The molecule has 5 nitrogen and oxygen atoms in total. The minimum atomic E-state index is 0.0830. The summed E-state index contributed by atoms with van der Waals surface area (Å²) in [6, 6.07) is 19.2. The summed E-state index contributed by atoms with van der Waals surface area (Å²) in [5, 5.41) is 1.34. The maximum Gasteiger partial charge on any atom is 0.223 e. The Hall–Kier alpha value is -3.83. The summed E-state index contributed by atoms with van der Waals surface area (Å²) in [5.41, 5.74) is 12.9. The number of allylic oxidation sites excluding steroid dienone is 3. The van der Waals surface area contributed by atoms with Crippen molar-refractivity contribution in [1.82, 2.24) is 14.4 Å². The summed E-state index contributed by atoms with van der Waals surface area (Å²) in [6.07, 6.45) is 13.7. The van der Waals surface area contributed by atoms with Gasteiger partial charge in [0.25, 0.3) is 0 Å². The molecule has 0 N–H and O–H groups in total. The summed E-state index contributed by atoms with van der Waals surface area (Å²) in [4.78, 5) is 21.2. The van der Waals surface area contributed by atoms with Crippen LogP contribution in [0.3, 0.4) is 0 Å². The van der Waals surface area contributed by atoms with Crippen molar-refractivity contribution >= 4 is 34.3 Å². The summed E-state index contributed by atoms with van der Waals surface area (Å²) in [6.45, 7) is 8.19. The van der Waals surface area contributed by atoms with Gasteiger partial charge in [-0.1, -0.05) is 54.1 Å². The number of aromatic nitrogens is 1. The van der Waals surface area contributed by atoms with E-state index in [4.69, 9.17) is 0 Å². The lowest BCUT2D eigenvalue weighted by Gasteiger charge is -2.54. The molecule has 4 fully saturated rings. The highest BCUT2D eigenvalue weighted by atomic mass is 16.2. The average molecular weight is 567 g/mol. The van der Waals surface area contributed by atoms with Gasteiger partial charge in [0.15, 0.2) is 0 Å². The van der Waals surface area contributed by atoms with E-state index in [0.717, 1.165) is 32.6 Å². The van der Waals surface area contributed by atoms with Crippen LogP contribution in [0.5, 0.6) is 0 Å². The Morgan fingerprint density at radius 2 is 1.72 bits per heavy atom. The second kappa shape index (κ2) is 8.41. The fourth-order valence-corrected chi connectivity index (χ4v) is 10.7. The zero-order valence-electron chi connectivity index (χ0n) is 25.1. The molecule has 1 amide bonds. The summed E-state index contributed by atoms with van der Waals surface area (Å²) in [7, 11) is 0. The quantitative estimate of drug-likeness (QED) is 0.297. The fourth-order valence-electron chi connectivity index (χ4n) is 10.7. The third-order valence-electron chi connectivity index (χ3n) is 12.5. The lowest BCUT2D eigenvalue weighted by Crippen LogP contribution is -2.60. The second-order valence-corrected chi connectivity index (χ2v) is 13.9. The van der Waals surface area contributed by atoms with Crippen LogP contribution in [0.25, 0.3) is 22.7 Å². The first-order valence-electron chi connectivity index (χ1n) is 16.4. The number of anilines is 1. The molecule has 5 heteroatoms. The lowest BCUT2D eigenvalue weighted by molar-refractivity contribution is -0.132. The number of hydrogen-bond donors (Lipinski definition) is 0. The highest BCUT2D eigenvalue weighted by Crippen LogP contribution is 2.64. The molecule has 1 aromatic heterocycles. The first-order chi connectivity index (χ1) is 21.1. The van der Waals surface area contributed by atoms with Crippen LogP contribution in [0.15, 0.2) is 83.6 Å². The van der Waals surface area contributed by atoms with Crippen molar-refractivity contribution < 1.29 is 4.79 Å². The smallest absolute Gasteiger partial charge is 0.223 e. The predicted molar refractivity (Wildman–Crippen MR) is 173 cm³/mol. The standard InChI is InChI=1S/C38H38N4O/c1-3-23-19-39-16-14-38-31-10-6-8-12-33(31)42-21-29-28-18-35(43)40(20-24(28)4-2)15-13-26-25-9-5-7-11-32(25)41(36(26)29)22-30(37(38)42)27(23)17-34(38)39/h3-12,21-22,27-28,34,37H,13-20H2,1-2H3. The van der Waals surface area contributed by atoms with Gasteiger partial charge < -0.3 is 14.4 Å². The van der Waals surface area contributed by atoms with Crippen molar-refractivity contribution in [3.8, 4) is 0 Å². The van der Waals surface area contributed by atoms with E-state index in [1.165, 1.54) is 57.4 Å². The van der Waals surface area contributed by atoms with Gasteiger partial charge in [-0.05, 0) is 74.1 Å². The average Bonchev–Trinajstić information content (AvgIpc) is 3.67. The van der Waals surface area contributed by atoms with Crippen LogP contribution in [0.1, 0.15) is 49.9 Å². The van der Waals surface area contributed by atoms with Gasteiger partial charge >= 0.3 is 0 Å². The van der Waals surface area contributed by atoms with E-state index < -0.39 is 0 Å². The van der Waals surface area contributed by atoms with Crippen LogP contribution in [0, 0.1) is 11.8 Å². The van der Waals surface area contributed by atoms with E-state index in [9.17, 15) is 4.79 Å². The van der Waals surface area contributed by atoms with Crippen LogP contribution in [0.2, 0.25) is 0 Å². The van der Waals surface area contributed by atoms with Gasteiger partial charge in [-0.25, -0.2) is 0 Å². The first kappa shape index (κ1) is 24.6. The van der Waals surface area contributed by atoms with E-state index in [0.29, 0.717) is 24.3 Å². The van der Waals surface area contributed by atoms with Gasteiger partial charge in [0.1, 0.15) is 0 Å². The maximum absolute atomic E-state index is 13.6. The number of amides is 1. The van der Waals surface area contributed by atoms with E-state index in [2.05, 4.69) is 106 Å². The zero-order chi connectivity index (χ0) is 28.6. The number of piperidine rings is 2. The first-order valence-corrected chi connectivity index (χ1v) is 16.4. The molecule has 7 aliphatic heterocycles. The number of benzene rings is 2. The molecule has 5 unspecified atom stereocenters. The zero-order valence-corrected chi connectivity index (χ0v) is 25.1. The summed E-state index contributed by atoms with van der Waals surface area (Å²) < 4.78 is 2.58. The van der Waals surface area contributed by atoms with Crippen molar-refractivity contribution in [2.45, 2.75) is 57.0 Å². The molecule has 2 aromatic carbocycles. The number of para-hydroxylation sites is 2. The highest BCUT2D eigenvalue weighted by molar-refractivity contribution is 5.96. The van der Waals surface area contributed by atoms with Crippen molar-refractivity contribution in [3.05, 3.63) is 100 Å². The predicted octanol–water partition coefficient (Wildman–Crippen LogP) is 6.37. The van der Waals surface area contributed by atoms with Gasteiger partial charge in [-0.15, -0.1) is 0 Å². The van der Waals surface area contributed by atoms with Gasteiger partial charge in [-0.3, -0.25) is 9.69 Å². The molecule has 0 radical (unpaired) electrons. The van der Waals surface area contributed by atoms with Crippen LogP contribution < -0.4 is 4.90 Å². The topological polar surface area (TPSA) is 31.7 Å². The number of carbonyl (C=O) groups excluding carboxylic acids is 1. The minimum Gasteiger partial charge on any atom is -0.339 e. The molecule has 4 bridgehead atoms. The summed E-state index contributed by atoms with van der Waals surface area (Å²) >= 11 is 0. The Morgan fingerprint density at radius 1 is 0.907 bits per heavy atom. The Balaban J connectivity index is 1.35. The number of rotatable bonds is 0. The molecular weight excluding hydrogens is 528 g/mol. The number of carbonyl (C=O) groups is 1. The largest absolute Gasteiger partial charge is 0.339 e. The van der Waals surface area contributed by atoms with Gasteiger partial charge in [0.05, 0.1) is 17.3 Å². The normalized spacial score (nSPS) is 33.9. The van der Waals surface area contributed by atoms with Crippen molar-refractivity contribution in [3.63, 3.8) is 0 Å². The maximum atomic E-state index is 13.6. The molecule has 1 spiro atoms. The monoisotopic (exact) mass is 566 g/mol. The van der Waals surface area contributed by atoms with Crippen LogP contribution in [-0.2, 0) is 16.6 Å². The molecule has 8 heterocycles. The van der Waals surface area contributed by atoms with E-state index >= 15 is 0 Å². The minimum absolute atomic E-state index is 0.0830. The Kier molecular flexibility index (Phi) is 4.81. The third kappa shape index (κ3) is 2.90. The van der Waals surface area contributed by atoms with E-state index in [1.807, 2.05) is 0 Å². The molecule has 1 aliphatic carbocycles. The molecule has 3 aromatic rings. The number of fused-ring (bicyclic) bond motifs is 9. The Morgan fingerprint density at radius 3 is 2.60 bits per heavy atom. The van der Waals surface area contributed by atoms with Gasteiger partial charge in [-0.2, -0.15) is 0 Å². The third-order valence-corrected chi connectivity index (χ3v) is 12.5. The van der Waals surface area contributed by atoms with Crippen LogP contribution in [0.4, 0.5) is 5.69 Å². The molecule has 8 aliphatic rings. The summed E-state index contributed by atoms with van der Waals surface area (Å²) in [5.74, 6) is 0.837. The molecule has 1 saturated carbocycles. The molecule has 43 heavy (non-hydrogen) atoms.